The minimum atomic E-state index is -0.144. The Morgan fingerprint density at radius 3 is 3.17 bits per heavy atom. The monoisotopic (exact) mass is 347 g/mol. The highest BCUT2D eigenvalue weighted by Crippen LogP contribution is 2.15. The molecule has 0 saturated carbocycles. The number of amides is 1. The first-order chi connectivity index (χ1) is 11.7. The van der Waals surface area contributed by atoms with Crippen LogP contribution in [0.5, 0.6) is 0 Å². The lowest BCUT2D eigenvalue weighted by Gasteiger charge is -2.33. The van der Waals surface area contributed by atoms with Gasteiger partial charge in [-0.15, -0.1) is 11.3 Å². The van der Waals surface area contributed by atoms with E-state index in [4.69, 9.17) is 4.74 Å². The van der Waals surface area contributed by atoms with Crippen molar-refractivity contribution >= 4 is 17.2 Å². The van der Waals surface area contributed by atoms with E-state index < -0.39 is 0 Å². The van der Waals surface area contributed by atoms with Crippen molar-refractivity contribution in [2.45, 2.75) is 31.8 Å². The molecule has 3 heterocycles. The second-order valence-electron chi connectivity index (χ2n) is 5.85. The Kier molecular flexibility index (Phi) is 5.77. The Labute approximate surface area is 144 Å². The minimum Gasteiger partial charge on any atom is -0.375 e. The van der Waals surface area contributed by atoms with Crippen molar-refractivity contribution in [3.05, 3.63) is 50.8 Å². The topological polar surface area (TPSA) is 75.3 Å². The second-order valence-corrected chi connectivity index (χ2v) is 6.89. The highest BCUT2D eigenvalue weighted by atomic mass is 32.1. The number of aromatic nitrogens is 2. The molecule has 1 aliphatic rings. The standard InChI is InChI=1S/C17H21N3O3S/c21-16-10-13(18-12-19-16)3-4-14-11-20(7-8-23-14)17(22)6-5-15-2-1-9-24-15/h1-2,9-10,12,14H,3-8,11H2,(H,18,19,21)/t14-/m0/s1. The van der Waals surface area contributed by atoms with Crippen LogP contribution in [-0.2, 0) is 22.4 Å². The summed E-state index contributed by atoms with van der Waals surface area (Å²) in [4.78, 5) is 33.4. The highest BCUT2D eigenvalue weighted by molar-refractivity contribution is 7.09. The number of H-pyrrole nitrogens is 1. The van der Waals surface area contributed by atoms with Gasteiger partial charge in [-0.1, -0.05) is 6.07 Å². The van der Waals surface area contributed by atoms with Gasteiger partial charge in [-0.05, 0) is 30.7 Å². The number of morpholine rings is 1. The van der Waals surface area contributed by atoms with Crippen LogP contribution >= 0.6 is 11.3 Å². The van der Waals surface area contributed by atoms with Gasteiger partial charge < -0.3 is 14.6 Å². The summed E-state index contributed by atoms with van der Waals surface area (Å²) in [5.74, 6) is 0.186. The molecule has 0 unspecified atom stereocenters. The third-order valence-electron chi connectivity index (χ3n) is 4.11. The summed E-state index contributed by atoms with van der Waals surface area (Å²) in [6, 6.07) is 5.58. The summed E-state index contributed by atoms with van der Waals surface area (Å²) < 4.78 is 5.76. The number of aromatic amines is 1. The summed E-state index contributed by atoms with van der Waals surface area (Å²) in [5, 5.41) is 2.03. The molecule has 0 aliphatic carbocycles. The number of nitrogens with zero attached hydrogens (tertiary/aromatic N) is 2. The Bertz CT molecular complexity index is 714. The van der Waals surface area contributed by atoms with Gasteiger partial charge in [0.25, 0.3) is 5.56 Å². The van der Waals surface area contributed by atoms with Gasteiger partial charge in [0.1, 0.15) is 0 Å². The van der Waals surface area contributed by atoms with Gasteiger partial charge >= 0.3 is 0 Å². The van der Waals surface area contributed by atoms with Gasteiger partial charge in [-0.2, -0.15) is 0 Å². The van der Waals surface area contributed by atoms with Crippen molar-refractivity contribution < 1.29 is 9.53 Å². The van der Waals surface area contributed by atoms with Crippen LogP contribution < -0.4 is 5.56 Å². The molecule has 1 amide bonds. The molecule has 0 aromatic carbocycles. The summed E-state index contributed by atoms with van der Waals surface area (Å²) in [5.41, 5.74) is 0.610. The SMILES string of the molecule is O=C(CCc1cccs1)N1CCO[C@@H](CCc2cc(=O)[nH]cn2)C1. The number of thiophene rings is 1. The summed E-state index contributed by atoms with van der Waals surface area (Å²) in [6.45, 7) is 1.84. The van der Waals surface area contributed by atoms with Crippen molar-refractivity contribution in [3.63, 3.8) is 0 Å². The van der Waals surface area contributed by atoms with Crippen molar-refractivity contribution in [2.75, 3.05) is 19.7 Å². The van der Waals surface area contributed by atoms with E-state index in [9.17, 15) is 9.59 Å². The van der Waals surface area contributed by atoms with Crippen LogP contribution in [0.3, 0.4) is 0 Å². The van der Waals surface area contributed by atoms with E-state index in [0.717, 1.165) is 18.5 Å². The van der Waals surface area contributed by atoms with Gasteiger partial charge in [0.2, 0.25) is 5.91 Å². The molecule has 0 bridgehead atoms. The first kappa shape index (κ1) is 16.9. The maximum absolute atomic E-state index is 12.4. The molecule has 1 fully saturated rings. The van der Waals surface area contributed by atoms with Gasteiger partial charge in [-0.25, -0.2) is 4.98 Å². The van der Waals surface area contributed by atoms with Crippen LogP contribution in [0.1, 0.15) is 23.4 Å². The third kappa shape index (κ3) is 4.75. The van der Waals surface area contributed by atoms with Crippen LogP contribution in [0.2, 0.25) is 0 Å². The van der Waals surface area contributed by atoms with Crippen molar-refractivity contribution in [1.82, 2.24) is 14.9 Å². The Morgan fingerprint density at radius 2 is 2.38 bits per heavy atom. The number of carbonyl (C=O) groups excluding carboxylic acids is 1. The van der Waals surface area contributed by atoms with E-state index in [2.05, 4.69) is 16.0 Å². The van der Waals surface area contributed by atoms with Crippen molar-refractivity contribution in [2.24, 2.45) is 0 Å². The van der Waals surface area contributed by atoms with Crippen LogP contribution in [-0.4, -0.2) is 46.6 Å². The summed E-state index contributed by atoms with van der Waals surface area (Å²) in [7, 11) is 0. The maximum Gasteiger partial charge on any atom is 0.250 e. The zero-order chi connectivity index (χ0) is 16.8. The number of carbonyl (C=O) groups is 1. The van der Waals surface area contributed by atoms with Crippen molar-refractivity contribution in [3.8, 4) is 0 Å². The van der Waals surface area contributed by atoms with Crippen LogP contribution in [0, 0.1) is 0 Å². The van der Waals surface area contributed by atoms with E-state index in [-0.39, 0.29) is 17.6 Å². The van der Waals surface area contributed by atoms with Crippen molar-refractivity contribution in [1.29, 1.82) is 0 Å². The molecular weight excluding hydrogens is 326 g/mol. The molecule has 2 aromatic heterocycles. The number of nitrogens with one attached hydrogen (secondary N) is 1. The van der Waals surface area contributed by atoms with E-state index in [1.54, 1.807) is 11.3 Å². The van der Waals surface area contributed by atoms with Crippen LogP contribution in [0.15, 0.2) is 34.7 Å². The number of rotatable bonds is 6. The van der Waals surface area contributed by atoms with Gasteiger partial charge in [0, 0.05) is 36.1 Å². The van der Waals surface area contributed by atoms with Crippen LogP contribution in [0.4, 0.5) is 0 Å². The maximum atomic E-state index is 12.4. The molecule has 1 atom stereocenters. The Hall–Kier alpha value is -1.99. The summed E-state index contributed by atoms with van der Waals surface area (Å²) in [6.07, 6.45) is 4.19. The molecule has 1 N–H and O–H groups in total. The fourth-order valence-electron chi connectivity index (χ4n) is 2.82. The zero-order valence-corrected chi connectivity index (χ0v) is 14.3. The largest absolute Gasteiger partial charge is 0.375 e. The number of aryl methyl sites for hydroxylation is 2. The highest BCUT2D eigenvalue weighted by Gasteiger charge is 2.24. The molecule has 1 aliphatic heterocycles. The average molecular weight is 347 g/mol. The predicted molar refractivity (Wildman–Crippen MR) is 92.1 cm³/mol. The molecule has 1 saturated heterocycles. The third-order valence-corrected chi connectivity index (χ3v) is 5.05. The number of hydrogen-bond acceptors (Lipinski definition) is 5. The number of ether oxygens (including phenoxy) is 1. The molecule has 2 aromatic rings. The lowest BCUT2D eigenvalue weighted by Crippen LogP contribution is -2.45. The van der Waals surface area contributed by atoms with Gasteiger partial charge in [0.15, 0.2) is 0 Å². The Morgan fingerprint density at radius 1 is 1.46 bits per heavy atom. The smallest absolute Gasteiger partial charge is 0.250 e. The number of hydrogen-bond donors (Lipinski definition) is 1. The molecule has 24 heavy (non-hydrogen) atoms. The van der Waals surface area contributed by atoms with Gasteiger partial charge in [0.05, 0.1) is 19.0 Å². The molecule has 0 radical (unpaired) electrons. The predicted octanol–water partition coefficient (Wildman–Crippen LogP) is 1.62. The first-order valence-electron chi connectivity index (χ1n) is 8.16. The average Bonchev–Trinajstić information content (AvgIpc) is 3.12. The molecule has 0 spiro atoms. The fraction of sp³-hybridized carbons (Fsp3) is 0.471. The van der Waals surface area contributed by atoms with E-state index >= 15 is 0 Å². The first-order valence-corrected chi connectivity index (χ1v) is 9.04. The fourth-order valence-corrected chi connectivity index (χ4v) is 3.53. The lowest BCUT2D eigenvalue weighted by molar-refractivity contribution is -0.138. The normalized spacial score (nSPS) is 17.8. The second kappa shape index (κ2) is 8.21. The van der Waals surface area contributed by atoms with Gasteiger partial charge in [-0.3, -0.25) is 9.59 Å². The molecule has 3 rings (SSSR count). The van der Waals surface area contributed by atoms with E-state index in [1.807, 2.05) is 16.3 Å². The van der Waals surface area contributed by atoms with Crippen LogP contribution in [0.25, 0.3) is 0 Å². The quantitative estimate of drug-likeness (QED) is 0.862. The summed E-state index contributed by atoms with van der Waals surface area (Å²) >= 11 is 1.69. The molecule has 7 heteroatoms. The zero-order valence-electron chi connectivity index (χ0n) is 13.4. The molecule has 6 nitrogen and oxygen atoms in total. The van der Waals surface area contributed by atoms with E-state index in [0.29, 0.717) is 32.5 Å². The minimum absolute atomic E-state index is 0.00512. The molecule has 128 valence electrons. The Balaban J connectivity index is 1.46. The van der Waals surface area contributed by atoms with E-state index in [1.165, 1.54) is 17.3 Å². The lowest BCUT2D eigenvalue weighted by atomic mass is 10.1. The molecular formula is C17H21N3O3S.